The molecule has 6 rings (SSSR count). The lowest BCUT2D eigenvalue weighted by atomic mass is 9.99. The third kappa shape index (κ3) is 4.69. The molecular weight excluding hydrogens is 500 g/mol. The molecule has 0 aliphatic heterocycles. The van der Waals surface area contributed by atoms with E-state index in [1.54, 1.807) is 0 Å². The number of hydrogen-bond donors (Lipinski definition) is 1. The second-order valence-corrected chi connectivity index (χ2v) is 12.9. The van der Waals surface area contributed by atoms with Gasteiger partial charge in [-0.1, -0.05) is 18.2 Å². The fourth-order valence-electron chi connectivity index (χ4n) is 5.96. The lowest BCUT2D eigenvalue weighted by Crippen LogP contribution is -2.07. The fraction of sp³-hybridized carbons (Fsp3) is 0.333. The Morgan fingerprint density at radius 3 is 2.79 bits per heavy atom. The van der Waals surface area contributed by atoms with E-state index in [4.69, 9.17) is 9.72 Å². The smallest absolute Gasteiger partial charge is 0.307 e. The van der Waals surface area contributed by atoms with Gasteiger partial charge in [0.15, 0.2) is 0 Å². The van der Waals surface area contributed by atoms with Gasteiger partial charge in [0.25, 0.3) is 0 Å². The van der Waals surface area contributed by atoms with E-state index in [0.717, 1.165) is 45.5 Å². The van der Waals surface area contributed by atoms with Crippen LogP contribution in [0.15, 0.2) is 60.9 Å². The number of benzene rings is 2. The summed E-state index contributed by atoms with van der Waals surface area (Å²) in [5.74, 6) is 0.486. The molecule has 3 unspecified atom stereocenters. The molecule has 0 saturated heterocycles. The predicted molar refractivity (Wildman–Crippen MR) is 146 cm³/mol. The number of pyridine rings is 1. The number of fused-ring (bicyclic) bond motifs is 4. The normalized spacial score (nSPS) is 19.8. The van der Waals surface area contributed by atoms with E-state index in [9.17, 15) is 18.3 Å². The van der Waals surface area contributed by atoms with Crippen molar-refractivity contribution in [1.82, 2.24) is 9.55 Å². The molecule has 0 radical (unpaired) electrons. The molecule has 38 heavy (non-hydrogen) atoms. The molecule has 0 amide bonds. The summed E-state index contributed by atoms with van der Waals surface area (Å²) in [5.41, 5.74) is 7.55. The summed E-state index contributed by atoms with van der Waals surface area (Å²) in [7, 11) is -2.98. The lowest BCUT2D eigenvalue weighted by molar-refractivity contribution is -0.139. The van der Waals surface area contributed by atoms with E-state index >= 15 is 0 Å². The van der Waals surface area contributed by atoms with Crippen LogP contribution in [0.4, 0.5) is 0 Å². The highest BCUT2D eigenvalue weighted by Crippen LogP contribution is 2.61. The van der Waals surface area contributed by atoms with E-state index in [2.05, 4.69) is 37.3 Å². The van der Waals surface area contributed by atoms with Gasteiger partial charge in [0, 0.05) is 42.1 Å². The molecule has 2 aromatic heterocycles. The molecule has 2 heterocycles. The van der Waals surface area contributed by atoms with Crippen LogP contribution < -0.4 is 4.74 Å². The number of carboxylic acids is 1. The van der Waals surface area contributed by atoms with Crippen molar-refractivity contribution >= 4 is 26.8 Å². The van der Waals surface area contributed by atoms with Crippen LogP contribution in [-0.4, -0.2) is 41.1 Å². The SMILES string of the molecule is Cc1ccc(COc2ccc3c(c2)CC2C(C(=O)O)C32)cc1-c1cnc2c(ccn2CCCS(C)(=O)=O)c1. The highest BCUT2D eigenvalue weighted by atomic mass is 32.2. The van der Waals surface area contributed by atoms with Crippen molar-refractivity contribution < 1.29 is 23.1 Å². The minimum atomic E-state index is -2.98. The molecule has 4 aromatic rings. The maximum atomic E-state index is 11.4. The van der Waals surface area contributed by atoms with E-state index in [1.807, 2.05) is 35.2 Å². The van der Waals surface area contributed by atoms with E-state index < -0.39 is 15.8 Å². The molecule has 0 spiro atoms. The molecule has 1 fully saturated rings. The predicted octanol–water partition coefficient (Wildman–Crippen LogP) is 5.00. The van der Waals surface area contributed by atoms with E-state index in [0.29, 0.717) is 19.6 Å². The Kier molecular flexibility index (Phi) is 6.02. The molecule has 196 valence electrons. The molecule has 2 aromatic carbocycles. The number of sulfone groups is 1. The summed E-state index contributed by atoms with van der Waals surface area (Å²) < 4.78 is 31.0. The van der Waals surface area contributed by atoms with Gasteiger partial charge in [-0.2, -0.15) is 0 Å². The maximum absolute atomic E-state index is 11.4. The zero-order valence-corrected chi connectivity index (χ0v) is 22.2. The number of ether oxygens (including phenoxy) is 1. The van der Waals surface area contributed by atoms with Gasteiger partial charge in [0.05, 0.1) is 11.7 Å². The van der Waals surface area contributed by atoms with Crippen LogP contribution in [0.1, 0.15) is 34.6 Å². The highest BCUT2D eigenvalue weighted by Gasteiger charge is 2.59. The summed E-state index contributed by atoms with van der Waals surface area (Å²) in [6.07, 6.45) is 6.47. The average Bonchev–Trinajstić information content (AvgIpc) is 3.25. The van der Waals surface area contributed by atoms with Crippen molar-refractivity contribution in [3.63, 3.8) is 0 Å². The largest absolute Gasteiger partial charge is 0.489 e. The first kappa shape index (κ1) is 24.7. The van der Waals surface area contributed by atoms with Gasteiger partial charge in [0.2, 0.25) is 0 Å². The van der Waals surface area contributed by atoms with Gasteiger partial charge >= 0.3 is 5.97 Å². The zero-order chi connectivity index (χ0) is 26.6. The van der Waals surface area contributed by atoms with Crippen molar-refractivity contribution in [1.29, 1.82) is 0 Å². The zero-order valence-electron chi connectivity index (χ0n) is 21.4. The first-order valence-electron chi connectivity index (χ1n) is 12.9. The van der Waals surface area contributed by atoms with Crippen molar-refractivity contribution in [2.75, 3.05) is 12.0 Å². The number of aliphatic carboxylic acids is 1. The third-order valence-corrected chi connectivity index (χ3v) is 8.95. The first-order chi connectivity index (χ1) is 18.2. The maximum Gasteiger partial charge on any atom is 0.307 e. The van der Waals surface area contributed by atoms with Gasteiger partial charge in [-0.3, -0.25) is 4.79 Å². The average molecular weight is 531 g/mol. The van der Waals surface area contributed by atoms with Crippen molar-refractivity contribution in [3.8, 4) is 16.9 Å². The molecule has 0 bridgehead atoms. The summed E-state index contributed by atoms with van der Waals surface area (Å²) in [6.45, 7) is 3.12. The Labute approximate surface area is 222 Å². The van der Waals surface area contributed by atoms with Gasteiger partial charge in [-0.15, -0.1) is 0 Å². The minimum Gasteiger partial charge on any atom is -0.489 e. The van der Waals surface area contributed by atoms with Crippen molar-refractivity contribution in [3.05, 3.63) is 83.2 Å². The Balaban J connectivity index is 1.15. The van der Waals surface area contributed by atoms with Gasteiger partial charge in [-0.25, -0.2) is 13.4 Å². The summed E-state index contributed by atoms with van der Waals surface area (Å²) in [5, 5.41) is 10.4. The summed E-state index contributed by atoms with van der Waals surface area (Å²) in [6, 6.07) is 16.5. The highest BCUT2D eigenvalue weighted by molar-refractivity contribution is 7.90. The molecule has 1 N–H and O–H groups in total. The van der Waals surface area contributed by atoms with Crippen LogP contribution in [0, 0.1) is 18.8 Å². The van der Waals surface area contributed by atoms with E-state index in [1.165, 1.54) is 17.4 Å². The topological polar surface area (TPSA) is 98.5 Å². The molecule has 2 aliphatic rings. The van der Waals surface area contributed by atoms with Gasteiger partial charge in [-0.05, 0) is 83.8 Å². The number of hydrogen-bond acceptors (Lipinski definition) is 5. The quantitative estimate of drug-likeness (QED) is 0.327. The Bertz CT molecular complexity index is 1670. The molecule has 7 nitrogen and oxygen atoms in total. The van der Waals surface area contributed by atoms with Crippen LogP contribution in [0.25, 0.3) is 22.2 Å². The molecule has 3 atom stereocenters. The van der Waals surface area contributed by atoms with Gasteiger partial charge < -0.3 is 14.4 Å². The number of aromatic nitrogens is 2. The molecule has 8 heteroatoms. The molecule has 1 saturated carbocycles. The fourth-order valence-corrected chi connectivity index (χ4v) is 6.61. The van der Waals surface area contributed by atoms with Crippen LogP contribution in [0.5, 0.6) is 5.75 Å². The second-order valence-electron chi connectivity index (χ2n) is 10.7. The number of carboxylic acid groups (broad SMARTS) is 1. The van der Waals surface area contributed by atoms with Crippen molar-refractivity contribution in [2.24, 2.45) is 11.8 Å². The number of aryl methyl sites for hydroxylation is 2. The number of nitrogens with zero attached hydrogens (tertiary/aromatic N) is 2. The van der Waals surface area contributed by atoms with Crippen LogP contribution >= 0.6 is 0 Å². The van der Waals surface area contributed by atoms with Crippen LogP contribution in [-0.2, 0) is 34.2 Å². The number of rotatable bonds is 9. The standard InChI is InChI=1S/C30H30N2O5S/c1-18-4-5-19(17-37-23-6-7-24-21(14-23)15-26-27(24)28(26)30(33)34)12-25(18)22-13-20-8-10-32(29(20)31-16-22)9-3-11-38(2,35)36/h4-8,10,12-14,16,26-28H,3,9,11,15,17H2,1-2H3,(H,33,34). The van der Waals surface area contributed by atoms with Crippen LogP contribution in [0.3, 0.4) is 0 Å². The monoisotopic (exact) mass is 530 g/mol. The Hall–Kier alpha value is -3.65. The van der Waals surface area contributed by atoms with E-state index in [-0.39, 0.29) is 23.5 Å². The van der Waals surface area contributed by atoms with Crippen molar-refractivity contribution in [2.45, 2.75) is 38.8 Å². The Morgan fingerprint density at radius 1 is 1.16 bits per heavy atom. The second kappa shape index (κ2) is 9.27. The third-order valence-electron chi connectivity index (χ3n) is 7.92. The summed E-state index contributed by atoms with van der Waals surface area (Å²) >= 11 is 0. The Morgan fingerprint density at radius 2 is 2.00 bits per heavy atom. The lowest BCUT2D eigenvalue weighted by Gasteiger charge is -2.13. The first-order valence-corrected chi connectivity index (χ1v) is 14.9. The number of carbonyl (C=O) groups is 1. The minimum absolute atomic E-state index is 0.163. The van der Waals surface area contributed by atoms with Gasteiger partial charge in [0.1, 0.15) is 27.8 Å². The summed E-state index contributed by atoms with van der Waals surface area (Å²) in [4.78, 5) is 16.1. The molecular formula is C30H30N2O5S. The van der Waals surface area contributed by atoms with Crippen LogP contribution in [0.2, 0.25) is 0 Å². The molecule has 2 aliphatic carbocycles.